The van der Waals surface area contributed by atoms with Gasteiger partial charge in [0, 0.05) is 29.5 Å². The number of hydrogen-bond acceptors (Lipinski definition) is 4. The van der Waals surface area contributed by atoms with Crippen LogP contribution in [0.15, 0.2) is 60.8 Å². The lowest BCUT2D eigenvalue weighted by Gasteiger charge is -2.05. The normalized spacial score (nSPS) is 11.0. The molecule has 0 unspecified atom stereocenters. The monoisotopic (exact) mass is 348 g/mol. The van der Waals surface area contributed by atoms with Crippen LogP contribution < -0.4 is 0 Å². The van der Waals surface area contributed by atoms with Crippen molar-refractivity contribution in [3.05, 3.63) is 82.4 Å². The zero-order chi connectivity index (χ0) is 18.3. The number of aryl methyl sites for hydroxylation is 1. The summed E-state index contributed by atoms with van der Waals surface area (Å²) in [5.74, 6) is -0.303. The summed E-state index contributed by atoms with van der Waals surface area (Å²) in [5.41, 5.74) is 4.64. The second kappa shape index (κ2) is 6.03. The van der Waals surface area contributed by atoms with Crippen molar-refractivity contribution in [3.63, 3.8) is 0 Å². The SMILES string of the molecule is Cc1nn2c(-c3ccc([N+](=O)[O-])cc3)ccnc2c1-c1ccc(F)cc1. The van der Waals surface area contributed by atoms with Crippen LogP contribution in [0.4, 0.5) is 10.1 Å². The topological polar surface area (TPSA) is 73.3 Å². The summed E-state index contributed by atoms with van der Waals surface area (Å²) in [6.45, 7) is 1.87. The molecule has 4 rings (SSSR count). The van der Waals surface area contributed by atoms with Gasteiger partial charge in [-0.1, -0.05) is 12.1 Å². The molecule has 0 aliphatic carbocycles. The van der Waals surface area contributed by atoms with Crippen LogP contribution in [0.3, 0.4) is 0 Å². The second-order valence-corrected chi connectivity index (χ2v) is 5.84. The van der Waals surface area contributed by atoms with Gasteiger partial charge in [-0.25, -0.2) is 13.9 Å². The van der Waals surface area contributed by atoms with Gasteiger partial charge in [0.2, 0.25) is 0 Å². The first-order chi connectivity index (χ1) is 12.5. The maximum absolute atomic E-state index is 13.2. The molecule has 0 bridgehead atoms. The summed E-state index contributed by atoms with van der Waals surface area (Å²) < 4.78 is 14.9. The van der Waals surface area contributed by atoms with Gasteiger partial charge < -0.3 is 0 Å². The lowest BCUT2D eigenvalue weighted by atomic mass is 10.1. The molecule has 2 aromatic heterocycles. The molecule has 0 fully saturated rings. The number of nitro groups is 1. The highest BCUT2D eigenvalue weighted by atomic mass is 19.1. The smallest absolute Gasteiger partial charge is 0.258 e. The van der Waals surface area contributed by atoms with Crippen molar-refractivity contribution in [1.82, 2.24) is 14.6 Å². The van der Waals surface area contributed by atoms with Crippen LogP contribution in [-0.2, 0) is 0 Å². The Kier molecular flexibility index (Phi) is 3.69. The van der Waals surface area contributed by atoms with Gasteiger partial charge in [0.1, 0.15) is 5.82 Å². The number of nitro benzene ring substituents is 1. The first-order valence-electron chi connectivity index (χ1n) is 7.90. The summed E-state index contributed by atoms with van der Waals surface area (Å²) in [4.78, 5) is 14.8. The van der Waals surface area contributed by atoms with Gasteiger partial charge in [-0.15, -0.1) is 0 Å². The third-order valence-corrected chi connectivity index (χ3v) is 4.20. The predicted molar refractivity (Wildman–Crippen MR) is 95.2 cm³/mol. The summed E-state index contributed by atoms with van der Waals surface area (Å²) in [7, 11) is 0. The molecule has 0 saturated carbocycles. The zero-order valence-corrected chi connectivity index (χ0v) is 13.8. The summed E-state index contributed by atoms with van der Waals surface area (Å²) >= 11 is 0. The maximum Gasteiger partial charge on any atom is 0.269 e. The Morgan fingerprint density at radius 1 is 1.00 bits per heavy atom. The van der Waals surface area contributed by atoms with Gasteiger partial charge in [0.15, 0.2) is 5.65 Å². The van der Waals surface area contributed by atoms with E-state index in [9.17, 15) is 14.5 Å². The minimum absolute atomic E-state index is 0.0303. The van der Waals surface area contributed by atoms with Crippen molar-refractivity contribution < 1.29 is 9.31 Å². The molecule has 26 heavy (non-hydrogen) atoms. The zero-order valence-electron chi connectivity index (χ0n) is 13.8. The Bertz CT molecular complexity index is 1120. The van der Waals surface area contributed by atoms with Crippen molar-refractivity contribution in [2.45, 2.75) is 6.92 Å². The highest BCUT2D eigenvalue weighted by Crippen LogP contribution is 2.30. The number of benzene rings is 2. The van der Waals surface area contributed by atoms with Gasteiger partial charge in [0.25, 0.3) is 5.69 Å². The first-order valence-corrected chi connectivity index (χ1v) is 7.90. The maximum atomic E-state index is 13.2. The summed E-state index contributed by atoms with van der Waals surface area (Å²) in [5, 5.41) is 15.4. The van der Waals surface area contributed by atoms with Gasteiger partial charge >= 0.3 is 0 Å². The predicted octanol–water partition coefficient (Wildman–Crippen LogP) is 4.42. The second-order valence-electron chi connectivity index (χ2n) is 5.84. The van der Waals surface area contributed by atoms with Crippen LogP contribution in [0.25, 0.3) is 28.0 Å². The van der Waals surface area contributed by atoms with E-state index in [1.807, 2.05) is 6.92 Å². The standard InChI is InChI=1S/C19H13FN4O2/c1-12-18(14-2-6-15(20)7-3-14)19-21-11-10-17(23(19)22-12)13-4-8-16(9-5-13)24(25)26/h2-11H,1H3. The molecular formula is C19H13FN4O2. The largest absolute Gasteiger partial charge is 0.269 e. The summed E-state index contributed by atoms with van der Waals surface area (Å²) in [6, 6.07) is 14.3. The fourth-order valence-corrected chi connectivity index (χ4v) is 2.98. The molecule has 0 N–H and O–H groups in total. The highest BCUT2D eigenvalue weighted by Gasteiger charge is 2.16. The van der Waals surface area contributed by atoms with Crippen molar-refractivity contribution in [2.24, 2.45) is 0 Å². The average molecular weight is 348 g/mol. The molecule has 0 spiro atoms. The van der Waals surface area contributed by atoms with Crippen LogP contribution in [-0.4, -0.2) is 19.5 Å². The minimum atomic E-state index is -0.434. The lowest BCUT2D eigenvalue weighted by Crippen LogP contribution is -1.96. The molecule has 0 aliphatic heterocycles. The average Bonchev–Trinajstić information content (AvgIpc) is 2.98. The quantitative estimate of drug-likeness (QED) is 0.406. The Morgan fingerprint density at radius 3 is 2.31 bits per heavy atom. The molecule has 0 saturated heterocycles. The molecule has 2 heterocycles. The molecule has 0 amide bonds. The molecule has 4 aromatic rings. The summed E-state index contributed by atoms with van der Waals surface area (Å²) in [6.07, 6.45) is 1.67. The number of hydrogen-bond donors (Lipinski definition) is 0. The van der Waals surface area contributed by atoms with Crippen LogP contribution >= 0.6 is 0 Å². The van der Waals surface area contributed by atoms with Crippen LogP contribution in [0.5, 0.6) is 0 Å². The van der Waals surface area contributed by atoms with Crippen LogP contribution in [0, 0.1) is 22.9 Å². The molecule has 7 heteroatoms. The van der Waals surface area contributed by atoms with E-state index < -0.39 is 4.92 Å². The molecule has 6 nitrogen and oxygen atoms in total. The van der Waals surface area contributed by atoms with E-state index in [1.54, 1.807) is 41.0 Å². The van der Waals surface area contributed by atoms with E-state index >= 15 is 0 Å². The Morgan fingerprint density at radius 2 is 1.65 bits per heavy atom. The van der Waals surface area contributed by atoms with Crippen LogP contribution in [0.2, 0.25) is 0 Å². The van der Waals surface area contributed by atoms with Crippen molar-refractivity contribution in [2.75, 3.05) is 0 Å². The minimum Gasteiger partial charge on any atom is -0.258 e. The number of nitrogens with zero attached hydrogens (tertiary/aromatic N) is 4. The Balaban J connectivity index is 1.89. The van der Waals surface area contributed by atoms with E-state index in [1.165, 1.54) is 24.3 Å². The first kappa shape index (κ1) is 15.9. The number of fused-ring (bicyclic) bond motifs is 1. The lowest BCUT2D eigenvalue weighted by molar-refractivity contribution is -0.384. The van der Waals surface area contributed by atoms with Crippen molar-refractivity contribution in [3.8, 4) is 22.4 Å². The number of non-ortho nitro benzene ring substituents is 1. The van der Waals surface area contributed by atoms with Crippen molar-refractivity contribution >= 4 is 11.3 Å². The Labute approximate surface area is 147 Å². The van der Waals surface area contributed by atoms with Gasteiger partial charge in [-0.2, -0.15) is 5.10 Å². The van der Waals surface area contributed by atoms with Crippen molar-refractivity contribution in [1.29, 1.82) is 0 Å². The molecule has 2 aromatic carbocycles. The fourth-order valence-electron chi connectivity index (χ4n) is 2.98. The molecule has 0 aliphatic rings. The molecular weight excluding hydrogens is 335 g/mol. The molecule has 0 radical (unpaired) electrons. The van der Waals surface area contributed by atoms with Crippen LogP contribution in [0.1, 0.15) is 5.69 Å². The fraction of sp³-hybridized carbons (Fsp3) is 0.0526. The van der Waals surface area contributed by atoms with Gasteiger partial charge in [0.05, 0.1) is 16.3 Å². The van der Waals surface area contributed by atoms with Gasteiger partial charge in [-0.3, -0.25) is 10.1 Å². The van der Waals surface area contributed by atoms with E-state index in [0.29, 0.717) is 5.65 Å². The Hall–Kier alpha value is -3.61. The van der Waals surface area contributed by atoms with E-state index in [4.69, 9.17) is 0 Å². The molecule has 128 valence electrons. The number of aromatic nitrogens is 3. The highest BCUT2D eigenvalue weighted by molar-refractivity contribution is 5.81. The molecule has 0 atom stereocenters. The third-order valence-electron chi connectivity index (χ3n) is 4.20. The van der Waals surface area contributed by atoms with E-state index in [-0.39, 0.29) is 11.5 Å². The van der Waals surface area contributed by atoms with E-state index in [2.05, 4.69) is 10.1 Å². The van der Waals surface area contributed by atoms with E-state index in [0.717, 1.165) is 28.1 Å². The number of halogens is 1. The number of rotatable bonds is 3. The third kappa shape index (κ3) is 2.59. The van der Waals surface area contributed by atoms with Gasteiger partial charge in [-0.05, 0) is 42.8 Å².